The fraction of sp³-hybridized carbons (Fsp3) is 0.667. The molecule has 2 heterocycles. The topological polar surface area (TPSA) is 64.8 Å². The monoisotopic (exact) mass is 254 g/mol. The van der Waals surface area contributed by atoms with Crippen molar-refractivity contribution in [1.82, 2.24) is 10.1 Å². The molecule has 2 rings (SSSR count). The third-order valence-electron chi connectivity index (χ3n) is 2.78. The number of methoxy groups -OCH3 is 1. The largest absolute Gasteiger partial charge is 0.382 e. The molecule has 6 nitrogen and oxygen atoms in total. The summed E-state index contributed by atoms with van der Waals surface area (Å²) in [6.07, 6.45) is 1.28. The van der Waals surface area contributed by atoms with Crippen LogP contribution in [0.25, 0.3) is 0 Å². The Labute approximate surface area is 106 Å². The molecule has 18 heavy (non-hydrogen) atoms. The average molecular weight is 254 g/mol. The van der Waals surface area contributed by atoms with Gasteiger partial charge in [0.15, 0.2) is 5.69 Å². The Morgan fingerprint density at radius 1 is 1.67 bits per heavy atom. The van der Waals surface area contributed by atoms with E-state index in [1.165, 1.54) is 6.26 Å². The fourth-order valence-corrected chi connectivity index (χ4v) is 2.21. The van der Waals surface area contributed by atoms with E-state index < -0.39 is 0 Å². The van der Waals surface area contributed by atoms with Crippen molar-refractivity contribution in [2.45, 2.75) is 25.6 Å². The van der Waals surface area contributed by atoms with Crippen LogP contribution in [0.1, 0.15) is 24.3 Å². The number of hydrogen-bond donors (Lipinski definition) is 0. The van der Waals surface area contributed by atoms with E-state index in [2.05, 4.69) is 5.16 Å². The zero-order valence-electron chi connectivity index (χ0n) is 10.9. The highest BCUT2D eigenvalue weighted by atomic mass is 16.5. The first-order valence-electron chi connectivity index (χ1n) is 5.88. The van der Waals surface area contributed by atoms with E-state index in [0.29, 0.717) is 25.4 Å². The standard InChI is InChI=1S/C12H18N2O4/c1-12(2)8-14(6-9(18-12)7-16-3)11(15)10-4-5-17-13-10/h4-5,9H,6-8H2,1-3H3/t9-/m1/s1. The van der Waals surface area contributed by atoms with Crippen LogP contribution >= 0.6 is 0 Å². The summed E-state index contributed by atoms with van der Waals surface area (Å²) in [5, 5.41) is 3.67. The summed E-state index contributed by atoms with van der Waals surface area (Å²) in [6.45, 7) is 5.41. The van der Waals surface area contributed by atoms with Gasteiger partial charge in [-0.1, -0.05) is 5.16 Å². The fourth-order valence-electron chi connectivity index (χ4n) is 2.21. The molecule has 1 aliphatic heterocycles. The van der Waals surface area contributed by atoms with E-state index in [0.717, 1.165) is 0 Å². The SMILES string of the molecule is COC[C@H]1CN(C(=O)c2ccon2)CC(C)(C)O1. The van der Waals surface area contributed by atoms with E-state index in [9.17, 15) is 4.79 Å². The van der Waals surface area contributed by atoms with E-state index in [1.807, 2.05) is 13.8 Å². The van der Waals surface area contributed by atoms with Crippen molar-refractivity contribution in [2.24, 2.45) is 0 Å². The average Bonchev–Trinajstić information content (AvgIpc) is 2.79. The maximum atomic E-state index is 12.2. The number of morpholine rings is 1. The van der Waals surface area contributed by atoms with Crippen molar-refractivity contribution in [3.8, 4) is 0 Å². The maximum absolute atomic E-state index is 12.2. The summed E-state index contributed by atoms with van der Waals surface area (Å²) in [6, 6.07) is 1.57. The first kappa shape index (κ1) is 13.0. The predicted molar refractivity (Wildman–Crippen MR) is 63.2 cm³/mol. The molecule has 0 bridgehead atoms. The minimum Gasteiger partial charge on any atom is -0.382 e. The van der Waals surface area contributed by atoms with Crippen LogP contribution in [0, 0.1) is 0 Å². The molecule has 1 amide bonds. The molecule has 1 aromatic rings. The van der Waals surface area contributed by atoms with Crippen LogP contribution in [0.2, 0.25) is 0 Å². The summed E-state index contributed by atoms with van der Waals surface area (Å²) in [5.74, 6) is -0.138. The molecule has 0 saturated carbocycles. The Kier molecular flexibility index (Phi) is 3.68. The lowest BCUT2D eigenvalue weighted by Gasteiger charge is -2.42. The van der Waals surface area contributed by atoms with E-state index in [1.54, 1.807) is 18.1 Å². The molecular weight excluding hydrogens is 236 g/mol. The third kappa shape index (κ3) is 2.88. The molecule has 1 aromatic heterocycles. The molecule has 0 radical (unpaired) electrons. The molecule has 1 fully saturated rings. The zero-order valence-corrected chi connectivity index (χ0v) is 10.9. The molecule has 0 unspecified atom stereocenters. The van der Waals surface area contributed by atoms with Gasteiger partial charge in [0.1, 0.15) is 6.26 Å². The molecule has 0 spiro atoms. The highest BCUT2D eigenvalue weighted by Gasteiger charge is 2.36. The zero-order chi connectivity index (χ0) is 13.2. The van der Waals surface area contributed by atoms with Gasteiger partial charge in [-0.2, -0.15) is 0 Å². The number of carbonyl (C=O) groups excluding carboxylic acids is 1. The summed E-state index contributed by atoms with van der Waals surface area (Å²) < 4.78 is 15.6. The van der Waals surface area contributed by atoms with Crippen molar-refractivity contribution < 1.29 is 18.8 Å². The Morgan fingerprint density at radius 3 is 3.06 bits per heavy atom. The molecule has 6 heteroatoms. The van der Waals surface area contributed by atoms with Gasteiger partial charge in [-0.25, -0.2) is 0 Å². The first-order chi connectivity index (χ1) is 8.52. The van der Waals surface area contributed by atoms with Gasteiger partial charge in [0.2, 0.25) is 0 Å². The minimum absolute atomic E-state index is 0.116. The van der Waals surface area contributed by atoms with Crippen molar-refractivity contribution >= 4 is 5.91 Å². The number of hydrogen-bond acceptors (Lipinski definition) is 5. The van der Waals surface area contributed by atoms with Gasteiger partial charge in [0.25, 0.3) is 5.91 Å². The van der Waals surface area contributed by atoms with Crippen LogP contribution in [0.5, 0.6) is 0 Å². The molecule has 1 aliphatic rings. The van der Waals surface area contributed by atoms with Crippen molar-refractivity contribution in [2.75, 3.05) is 26.8 Å². The molecule has 1 atom stereocenters. The molecule has 0 aromatic carbocycles. The summed E-state index contributed by atoms with van der Waals surface area (Å²) in [7, 11) is 1.62. The second-order valence-electron chi connectivity index (χ2n) is 5.03. The van der Waals surface area contributed by atoms with E-state index in [4.69, 9.17) is 14.0 Å². The second-order valence-corrected chi connectivity index (χ2v) is 5.03. The van der Waals surface area contributed by atoms with Gasteiger partial charge >= 0.3 is 0 Å². The van der Waals surface area contributed by atoms with Crippen molar-refractivity contribution in [1.29, 1.82) is 0 Å². The van der Waals surface area contributed by atoms with Crippen molar-refractivity contribution in [3.63, 3.8) is 0 Å². The number of amides is 1. The number of ether oxygens (including phenoxy) is 2. The van der Waals surface area contributed by atoms with Gasteiger partial charge in [0, 0.05) is 26.3 Å². The molecule has 0 N–H and O–H groups in total. The second kappa shape index (κ2) is 5.07. The minimum atomic E-state index is -0.388. The molecular formula is C12H18N2O4. The quantitative estimate of drug-likeness (QED) is 0.803. The van der Waals surface area contributed by atoms with Gasteiger partial charge in [-0.15, -0.1) is 0 Å². The Hall–Kier alpha value is -1.40. The molecule has 100 valence electrons. The van der Waals surface area contributed by atoms with Crippen molar-refractivity contribution in [3.05, 3.63) is 18.0 Å². The highest BCUT2D eigenvalue weighted by Crippen LogP contribution is 2.22. The lowest BCUT2D eigenvalue weighted by atomic mass is 10.0. The molecule has 0 aliphatic carbocycles. The van der Waals surface area contributed by atoms with Crippen LogP contribution in [0.3, 0.4) is 0 Å². The summed E-state index contributed by atoms with van der Waals surface area (Å²) in [5.41, 5.74) is -0.0650. The van der Waals surface area contributed by atoms with Crippen LogP contribution in [-0.4, -0.2) is 54.5 Å². The Bertz CT molecular complexity index is 402. The van der Waals surface area contributed by atoms with Crippen LogP contribution in [-0.2, 0) is 9.47 Å². The lowest BCUT2D eigenvalue weighted by molar-refractivity contribution is -0.143. The normalized spacial score (nSPS) is 23.1. The van der Waals surface area contributed by atoms with Crippen LogP contribution in [0.4, 0.5) is 0 Å². The Balaban J connectivity index is 2.10. The first-order valence-corrected chi connectivity index (χ1v) is 5.88. The number of nitrogens with zero attached hydrogens (tertiary/aromatic N) is 2. The smallest absolute Gasteiger partial charge is 0.276 e. The van der Waals surface area contributed by atoms with Gasteiger partial charge in [-0.3, -0.25) is 4.79 Å². The lowest BCUT2D eigenvalue weighted by Crippen LogP contribution is -2.55. The third-order valence-corrected chi connectivity index (χ3v) is 2.78. The predicted octanol–water partition coefficient (Wildman–Crippen LogP) is 0.941. The summed E-state index contributed by atoms with van der Waals surface area (Å²) >= 11 is 0. The molecule has 1 saturated heterocycles. The number of carbonyl (C=O) groups is 1. The van der Waals surface area contributed by atoms with Gasteiger partial charge in [-0.05, 0) is 13.8 Å². The highest BCUT2D eigenvalue weighted by molar-refractivity contribution is 5.92. The van der Waals surface area contributed by atoms with Crippen LogP contribution in [0.15, 0.2) is 16.9 Å². The van der Waals surface area contributed by atoms with Gasteiger partial charge in [0.05, 0.1) is 18.3 Å². The maximum Gasteiger partial charge on any atom is 0.276 e. The number of aromatic nitrogens is 1. The number of rotatable bonds is 3. The summed E-state index contributed by atoms with van der Waals surface area (Å²) in [4.78, 5) is 13.9. The van der Waals surface area contributed by atoms with Gasteiger partial charge < -0.3 is 18.9 Å². The van der Waals surface area contributed by atoms with Crippen LogP contribution < -0.4 is 0 Å². The van der Waals surface area contributed by atoms with E-state index >= 15 is 0 Å². The Morgan fingerprint density at radius 2 is 2.44 bits per heavy atom. The van der Waals surface area contributed by atoms with E-state index in [-0.39, 0.29) is 17.6 Å².